The van der Waals surface area contributed by atoms with Crippen LogP contribution in [0.15, 0.2) is 48.0 Å². The first-order valence-corrected chi connectivity index (χ1v) is 19.6. The fourth-order valence-corrected chi connectivity index (χ4v) is 10.2. The lowest BCUT2D eigenvalue weighted by Crippen LogP contribution is -2.66. The van der Waals surface area contributed by atoms with Gasteiger partial charge >= 0.3 is 11.9 Å². The van der Waals surface area contributed by atoms with E-state index in [0.717, 1.165) is 62.6 Å². The number of piperazine rings is 1. The van der Waals surface area contributed by atoms with Gasteiger partial charge in [0, 0.05) is 64.6 Å². The van der Waals surface area contributed by atoms with Crippen molar-refractivity contribution in [2.24, 2.45) is 23.7 Å². The van der Waals surface area contributed by atoms with Crippen LogP contribution in [0.25, 0.3) is 0 Å². The van der Waals surface area contributed by atoms with Crippen LogP contribution in [0, 0.1) is 30.6 Å². The fraction of sp³-hybridized carbons (Fsp3) is 0.610. The van der Waals surface area contributed by atoms with E-state index in [9.17, 15) is 19.8 Å². The molecule has 0 radical (unpaired) electrons. The number of rotatable bonds is 8. The summed E-state index contributed by atoms with van der Waals surface area (Å²) in [6.07, 6.45) is 0.571. The predicted octanol–water partition coefficient (Wildman–Crippen LogP) is 4.57. The number of aryl methyl sites for hydroxylation is 1. The number of methoxy groups -OCH3 is 1. The molecule has 2 saturated heterocycles. The molecule has 0 amide bonds. The number of carbonyl (C=O) groups is 2. The Kier molecular flexibility index (Phi) is 10.7. The van der Waals surface area contributed by atoms with E-state index in [1.807, 2.05) is 19.9 Å². The van der Waals surface area contributed by atoms with Crippen molar-refractivity contribution in [3.05, 3.63) is 64.2 Å². The van der Waals surface area contributed by atoms with Gasteiger partial charge in [-0.15, -0.1) is 0 Å². The standard InChI is InChI=1S/C41H55ClN4O8/c1-23-11-14-34(51-7)33(19-23)46-17-15-45(16-18-46)22-25(3)28-13-12-26(4)41(50)30(28)20-24(2)36(52-27(5)47)37(41)53-38(48)32-21-40(49)29-9-8-10-31(42)35(29)44(6)54-39(40)43-32/h8-11,14,19-20,25-26,28,30,32,36-37,39,43,49-50H,12-13,15-18,21-22H2,1-7H3/t25?,26-,28+,30-,32+,36-,37+,39-,40-,41-/m1/s1. The molecule has 2 aromatic rings. The minimum atomic E-state index is -1.57. The van der Waals surface area contributed by atoms with Gasteiger partial charge in [-0.3, -0.25) is 29.7 Å². The van der Waals surface area contributed by atoms with Crippen molar-refractivity contribution < 1.29 is 38.9 Å². The highest BCUT2D eigenvalue weighted by Gasteiger charge is 2.62. The van der Waals surface area contributed by atoms with Crippen LogP contribution in [0.2, 0.25) is 5.02 Å². The third-order valence-corrected chi connectivity index (χ3v) is 13.1. The van der Waals surface area contributed by atoms with E-state index < -0.39 is 47.6 Å². The first-order valence-electron chi connectivity index (χ1n) is 19.2. The molecule has 5 aliphatic rings. The summed E-state index contributed by atoms with van der Waals surface area (Å²) >= 11 is 6.49. The van der Waals surface area contributed by atoms with E-state index in [1.165, 1.54) is 17.6 Å². The zero-order valence-corrected chi connectivity index (χ0v) is 33.1. The number of fused-ring (bicyclic) bond motifs is 4. The molecule has 12 nitrogen and oxygen atoms in total. The van der Waals surface area contributed by atoms with Crippen LogP contribution in [0.4, 0.5) is 11.4 Å². The number of para-hydroxylation sites is 1. The zero-order chi connectivity index (χ0) is 38.7. The fourth-order valence-electron chi connectivity index (χ4n) is 9.92. The highest BCUT2D eigenvalue weighted by atomic mass is 35.5. The van der Waals surface area contributed by atoms with Crippen LogP contribution in [0.5, 0.6) is 5.75 Å². The summed E-state index contributed by atoms with van der Waals surface area (Å²) in [6, 6.07) is 10.5. The van der Waals surface area contributed by atoms with E-state index >= 15 is 0 Å². The Labute approximate surface area is 323 Å². The molecule has 3 fully saturated rings. The quantitative estimate of drug-likeness (QED) is 0.257. The molecule has 54 heavy (non-hydrogen) atoms. The van der Waals surface area contributed by atoms with Gasteiger partial charge in [0.15, 0.2) is 18.4 Å². The lowest BCUT2D eigenvalue weighted by atomic mass is 9.55. The van der Waals surface area contributed by atoms with Crippen molar-refractivity contribution in [1.29, 1.82) is 0 Å². The molecule has 294 valence electrons. The second kappa shape index (κ2) is 14.9. The van der Waals surface area contributed by atoms with Gasteiger partial charge in [-0.2, -0.15) is 0 Å². The molecule has 0 aromatic heterocycles. The van der Waals surface area contributed by atoms with Crippen molar-refractivity contribution >= 4 is 34.9 Å². The van der Waals surface area contributed by atoms with Gasteiger partial charge < -0.3 is 29.3 Å². The molecule has 2 aliphatic carbocycles. The lowest BCUT2D eigenvalue weighted by Gasteiger charge is -2.56. The second-order valence-corrected chi connectivity index (χ2v) is 16.7. The number of benzene rings is 2. The molecule has 1 unspecified atom stereocenters. The number of hydroxylamine groups is 1. The normalized spacial score (nSPS) is 34.3. The average molecular weight is 767 g/mol. The van der Waals surface area contributed by atoms with Crippen LogP contribution >= 0.6 is 11.6 Å². The Balaban J connectivity index is 1.09. The van der Waals surface area contributed by atoms with Gasteiger partial charge in [-0.25, -0.2) is 0 Å². The van der Waals surface area contributed by atoms with Crippen LogP contribution in [-0.2, 0) is 29.5 Å². The highest BCUT2D eigenvalue weighted by Crippen LogP contribution is 2.53. The Morgan fingerprint density at radius 2 is 1.83 bits per heavy atom. The number of esters is 2. The summed E-state index contributed by atoms with van der Waals surface area (Å²) in [7, 11) is 3.41. The topological polar surface area (TPSA) is 133 Å². The maximum absolute atomic E-state index is 14.2. The van der Waals surface area contributed by atoms with Gasteiger partial charge in [0.2, 0.25) is 0 Å². The summed E-state index contributed by atoms with van der Waals surface area (Å²) in [5.41, 5.74) is 1.05. The van der Waals surface area contributed by atoms with Crippen molar-refractivity contribution in [2.75, 3.05) is 56.8 Å². The Morgan fingerprint density at radius 1 is 1.09 bits per heavy atom. The first-order chi connectivity index (χ1) is 25.6. The zero-order valence-electron chi connectivity index (χ0n) is 32.4. The molecule has 3 N–H and O–H groups in total. The first kappa shape index (κ1) is 38.9. The largest absolute Gasteiger partial charge is 0.495 e. The number of nitrogens with one attached hydrogen (secondary N) is 1. The summed E-state index contributed by atoms with van der Waals surface area (Å²) in [6.45, 7) is 14.0. The Bertz CT molecular complexity index is 1780. The molecule has 0 bridgehead atoms. The van der Waals surface area contributed by atoms with Crippen molar-refractivity contribution in [3.8, 4) is 5.75 Å². The smallest absolute Gasteiger partial charge is 0.323 e. The molecular weight excluding hydrogens is 712 g/mol. The van der Waals surface area contributed by atoms with Crippen LogP contribution in [0.3, 0.4) is 0 Å². The molecular formula is C41H55ClN4O8. The summed E-state index contributed by atoms with van der Waals surface area (Å²) in [4.78, 5) is 37.6. The average Bonchev–Trinajstić information content (AvgIpc) is 3.48. The number of hydrogen-bond acceptors (Lipinski definition) is 12. The number of nitrogens with zero attached hydrogens (tertiary/aromatic N) is 3. The Morgan fingerprint density at radius 3 is 2.54 bits per heavy atom. The number of hydrogen-bond donors (Lipinski definition) is 3. The Hall–Kier alpha value is -3.39. The number of aliphatic hydroxyl groups is 2. The molecule has 0 spiro atoms. The number of ether oxygens (including phenoxy) is 3. The molecule has 10 atom stereocenters. The van der Waals surface area contributed by atoms with Gasteiger partial charge in [0.25, 0.3) is 0 Å². The van der Waals surface area contributed by atoms with Crippen molar-refractivity contribution in [2.45, 2.75) is 89.6 Å². The van der Waals surface area contributed by atoms with E-state index in [2.05, 4.69) is 47.2 Å². The number of carbonyl (C=O) groups excluding carboxylic acids is 2. The third kappa shape index (κ3) is 6.77. The molecule has 3 heterocycles. The number of halogens is 1. The van der Waals surface area contributed by atoms with Crippen LogP contribution in [0.1, 0.15) is 58.1 Å². The van der Waals surface area contributed by atoms with E-state index in [0.29, 0.717) is 16.3 Å². The summed E-state index contributed by atoms with van der Waals surface area (Å²) in [5.74, 6) is -0.600. The molecule has 13 heteroatoms. The van der Waals surface area contributed by atoms with Gasteiger partial charge in [-0.1, -0.05) is 49.7 Å². The van der Waals surface area contributed by atoms with E-state index in [4.69, 9.17) is 30.6 Å². The number of anilines is 2. The highest BCUT2D eigenvalue weighted by molar-refractivity contribution is 6.33. The molecule has 1 saturated carbocycles. The maximum Gasteiger partial charge on any atom is 0.323 e. The minimum absolute atomic E-state index is 0.0432. The molecule has 7 rings (SSSR count). The summed E-state index contributed by atoms with van der Waals surface area (Å²) in [5, 5.41) is 29.9. The summed E-state index contributed by atoms with van der Waals surface area (Å²) < 4.78 is 17.9. The SMILES string of the molecule is COc1ccc(C)cc1N1CCN(CC(C)[C@@H]2CC[C@@H](C)[C@@]3(O)[C@@H]2C=C(C)[C@@H](OC(C)=O)[C@@H]3OC(=O)[C@@H]2C[C@@]3(O)c4cccc(Cl)c4N(C)O[C@H]3N2)CC1. The van der Waals surface area contributed by atoms with Gasteiger partial charge in [0.1, 0.15) is 23.0 Å². The molecule has 2 aromatic carbocycles. The third-order valence-electron chi connectivity index (χ3n) is 12.8. The molecule has 3 aliphatic heterocycles. The van der Waals surface area contributed by atoms with Crippen molar-refractivity contribution in [1.82, 2.24) is 10.2 Å². The lowest BCUT2D eigenvalue weighted by molar-refractivity contribution is -0.225. The van der Waals surface area contributed by atoms with Crippen LogP contribution in [-0.4, -0.2) is 104 Å². The van der Waals surface area contributed by atoms with Gasteiger partial charge in [0.05, 0.1) is 23.5 Å². The van der Waals surface area contributed by atoms with Gasteiger partial charge in [-0.05, 0) is 73.8 Å². The maximum atomic E-state index is 14.2. The monoisotopic (exact) mass is 766 g/mol. The second-order valence-electron chi connectivity index (χ2n) is 16.3. The van der Waals surface area contributed by atoms with Crippen molar-refractivity contribution in [3.63, 3.8) is 0 Å². The predicted molar refractivity (Wildman–Crippen MR) is 205 cm³/mol. The van der Waals surface area contributed by atoms with Crippen LogP contribution < -0.4 is 20.0 Å². The van der Waals surface area contributed by atoms with E-state index in [-0.39, 0.29) is 30.1 Å². The van der Waals surface area contributed by atoms with E-state index in [1.54, 1.807) is 32.4 Å². The minimum Gasteiger partial charge on any atom is -0.495 e.